The Kier molecular flexibility index (Phi) is 5.85. The molecule has 0 unspecified atom stereocenters. The molecule has 30 heavy (non-hydrogen) atoms. The third kappa shape index (κ3) is 4.37. The van der Waals surface area contributed by atoms with Crippen molar-refractivity contribution in [1.29, 1.82) is 0 Å². The summed E-state index contributed by atoms with van der Waals surface area (Å²) in [6.45, 7) is 0.335. The Bertz CT molecular complexity index is 1030. The van der Waals surface area contributed by atoms with Crippen LogP contribution >= 0.6 is 0 Å². The highest BCUT2D eigenvalue weighted by molar-refractivity contribution is 7.90. The number of carbonyl (C=O) groups excluding carboxylic acids is 1. The van der Waals surface area contributed by atoms with Crippen molar-refractivity contribution in [2.75, 3.05) is 5.32 Å². The largest absolute Gasteiger partial charge is 0.451 e. The molecular formula is C19H25BN4O5S. The van der Waals surface area contributed by atoms with E-state index in [-0.39, 0.29) is 11.3 Å². The van der Waals surface area contributed by atoms with Gasteiger partial charge in [0.1, 0.15) is 0 Å². The molecule has 0 fully saturated rings. The molecule has 0 saturated heterocycles. The number of benzene rings is 1. The van der Waals surface area contributed by atoms with Gasteiger partial charge in [0, 0.05) is 18.4 Å². The zero-order chi connectivity index (χ0) is 21.3. The Morgan fingerprint density at radius 2 is 1.80 bits per heavy atom. The lowest BCUT2D eigenvalue weighted by Gasteiger charge is -2.16. The van der Waals surface area contributed by atoms with Crippen LogP contribution in [0.25, 0.3) is 0 Å². The fourth-order valence-corrected chi connectivity index (χ4v) is 5.18. The maximum atomic E-state index is 12.6. The van der Waals surface area contributed by atoms with E-state index >= 15 is 0 Å². The Morgan fingerprint density at radius 1 is 1.13 bits per heavy atom. The van der Waals surface area contributed by atoms with Crippen LogP contribution in [-0.2, 0) is 42.3 Å². The summed E-state index contributed by atoms with van der Waals surface area (Å²) in [4.78, 5) is 12.6. The van der Waals surface area contributed by atoms with Crippen molar-refractivity contribution >= 4 is 28.9 Å². The Labute approximate surface area is 175 Å². The van der Waals surface area contributed by atoms with Crippen molar-refractivity contribution in [3.63, 3.8) is 0 Å². The van der Waals surface area contributed by atoms with Gasteiger partial charge in [0.25, 0.3) is 10.0 Å². The Hall–Kier alpha value is -2.37. The Morgan fingerprint density at radius 3 is 2.43 bits per heavy atom. The summed E-state index contributed by atoms with van der Waals surface area (Å²) in [5.41, 5.74) is 5.52. The lowest BCUT2D eigenvalue weighted by molar-refractivity contribution is 0.256. The number of aromatic nitrogens is 2. The van der Waals surface area contributed by atoms with Crippen LogP contribution in [0.4, 0.5) is 10.5 Å². The standard InChI is InChI=1S/C19H25BN4O5S/c25-19(21-18-15-6-1-4-13(15)12-14-5-2-7-16(14)18)23-30(28,29)17-8-11-24(22-17)10-3-9-20(26)27/h8,11-12,26-27H,1-7,9-10H2,(H2,21,23,25). The molecule has 2 aliphatic carbocycles. The molecule has 11 heteroatoms. The molecule has 1 aromatic carbocycles. The summed E-state index contributed by atoms with van der Waals surface area (Å²) in [6, 6.07) is 2.76. The summed E-state index contributed by atoms with van der Waals surface area (Å²) >= 11 is 0. The molecule has 0 spiro atoms. The number of nitrogens with one attached hydrogen (secondary N) is 2. The molecule has 2 aromatic rings. The molecule has 2 aliphatic rings. The van der Waals surface area contributed by atoms with Crippen molar-refractivity contribution in [1.82, 2.24) is 14.5 Å². The molecule has 2 amide bonds. The summed E-state index contributed by atoms with van der Waals surface area (Å²) in [5.74, 6) is 0. The molecule has 1 heterocycles. The predicted molar refractivity (Wildman–Crippen MR) is 112 cm³/mol. The number of hydrogen-bond donors (Lipinski definition) is 4. The minimum absolute atomic E-state index is 0.161. The number of hydrogen-bond acceptors (Lipinski definition) is 6. The van der Waals surface area contributed by atoms with Gasteiger partial charge in [0.2, 0.25) is 0 Å². The molecular weight excluding hydrogens is 407 g/mol. The van der Waals surface area contributed by atoms with Crippen molar-refractivity contribution in [2.24, 2.45) is 0 Å². The fraction of sp³-hybridized carbons (Fsp3) is 0.474. The van der Waals surface area contributed by atoms with E-state index < -0.39 is 23.2 Å². The average Bonchev–Trinajstić information content (AvgIpc) is 3.41. The van der Waals surface area contributed by atoms with Crippen LogP contribution in [0, 0.1) is 0 Å². The SMILES string of the molecule is O=C(Nc1c2c(cc3c1CCC3)CCC2)NS(=O)(=O)c1ccn(CCCB(O)O)n1. The van der Waals surface area contributed by atoms with Crippen LogP contribution in [0.1, 0.15) is 41.5 Å². The molecule has 0 aliphatic heterocycles. The van der Waals surface area contributed by atoms with Gasteiger partial charge in [0.15, 0.2) is 5.03 Å². The first kappa shape index (κ1) is 20.9. The van der Waals surface area contributed by atoms with Crippen LogP contribution in [0.5, 0.6) is 0 Å². The first-order valence-corrected chi connectivity index (χ1v) is 11.7. The topological polar surface area (TPSA) is 134 Å². The molecule has 0 saturated carbocycles. The number of amides is 2. The number of nitrogens with zero attached hydrogens (tertiary/aromatic N) is 2. The molecule has 9 nitrogen and oxygen atoms in total. The third-order valence-corrected chi connectivity index (χ3v) is 6.90. The van der Waals surface area contributed by atoms with Crippen LogP contribution in [0.2, 0.25) is 6.32 Å². The van der Waals surface area contributed by atoms with Crippen molar-refractivity contribution in [2.45, 2.75) is 62.8 Å². The monoisotopic (exact) mass is 432 g/mol. The van der Waals surface area contributed by atoms with E-state index in [9.17, 15) is 13.2 Å². The normalized spacial score (nSPS) is 15.0. The zero-order valence-electron chi connectivity index (χ0n) is 16.6. The number of rotatable bonds is 7. The molecule has 0 radical (unpaired) electrons. The number of carbonyl (C=O) groups is 1. The minimum Gasteiger partial charge on any atom is -0.427 e. The molecule has 0 atom stereocenters. The highest BCUT2D eigenvalue weighted by Crippen LogP contribution is 2.38. The van der Waals surface area contributed by atoms with E-state index in [4.69, 9.17) is 10.0 Å². The van der Waals surface area contributed by atoms with Gasteiger partial charge in [-0.05, 0) is 79.6 Å². The van der Waals surface area contributed by atoms with Gasteiger partial charge in [-0.3, -0.25) is 4.68 Å². The van der Waals surface area contributed by atoms with Gasteiger partial charge in [-0.25, -0.2) is 9.52 Å². The van der Waals surface area contributed by atoms with Gasteiger partial charge in [-0.1, -0.05) is 6.07 Å². The maximum Gasteiger partial charge on any atom is 0.451 e. The van der Waals surface area contributed by atoms with Crippen LogP contribution < -0.4 is 10.0 Å². The van der Waals surface area contributed by atoms with E-state index in [1.54, 1.807) is 0 Å². The van der Waals surface area contributed by atoms with Crippen molar-refractivity contribution < 1.29 is 23.3 Å². The molecule has 4 rings (SSSR count). The second-order valence-electron chi connectivity index (χ2n) is 7.83. The van der Waals surface area contributed by atoms with Crippen LogP contribution in [0.3, 0.4) is 0 Å². The second-order valence-corrected chi connectivity index (χ2v) is 9.46. The van der Waals surface area contributed by atoms with Gasteiger partial charge in [-0.2, -0.15) is 13.5 Å². The second kappa shape index (κ2) is 8.40. The lowest BCUT2D eigenvalue weighted by Crippen LogP contribution is -2.35. The van der Waals surface area contributed by atoms with Gasteiger partial charge >= 0.3 is 13.1 Å². The summed E-state index contributed by atoms with van der Waals surface area (Å²) in [5, 5.41) is 24.3. The minimum atomic E-state index is -4.12. The van der Waals surface area contributed by atoms with E-state index in [1.807, 2.05) is 0 Å². The van der Waals surface area contributed by atoms with E-state index in [2.05, 4.69) is 21.2 Å². The Balaban J connectivity index is 1.45. The first-order valence-electron chi connectivity index (χ1n) is 10.2. The third-order valence-electron chi connectivity index (χ3n) is 5.68. The number of aryl methyl sites for hydroxylation is 3. The van der Waals surface area contributed by atoms with Crippen LogP contribution in [0.15, 0.2) is 23.4 Å². The van der Waals surface area contributed by atoms with Crippen LogP contribution in [-0.4, -0.2) is 41.4 Å². The van der Waals surface area contributed by atoms with Gasteiger partial charge in [-0.15, -0.1) is 0 Å². The zero-order valence-corrected chi connectivity index (χ0v) is 17.4. The summed E-state index contributed by atoms with van der Waals surface area (Å²) in [6.07, 6.45) is 7.90. The van der Waals surface area contributed by atoms with Gasteiger partial charge in [0.05, 0.1) is 0 Å². The number of sulfonamides is 1. The summed E-state index contributed by atoms with van der Waals surface area (Å²) < 4.78 is 28.6. The van der Waals surface area contributed by atoms with E-state index in [1.165, 1.54) is 28.1 Å². The fourth-order valence-electron chi connectivity index (χ4n) is 4.33. The molecule has 0 bridgehead atoms. The quantitative estimate of drug-likeness (QED) is 0.487. The number of anilines is 1. The van der Waals surface area contributed by atoms with E-state index in [0.29, 0.717) is 13.0 Å². The lowest BCUT2D eigenvalue weighted by atomic mass is 9.85. The highest BCUT2D eigenvalue weighted by Gasteiger charge is 2.27. The average molecular weight is 432 g/mol. The molecule has 1 aromatic heterocycles. The van der Waals surface area contributed by atoms with E-state index in [0.717, 1.165) is 55.3 Å². The first-order chi connectivity index (χ1) is 14.3. The smallest absolute Gasteiger partial charge is 0.427 e. The number of fused-ring (bicyclic) bond motifs is 2. The summed E-state index contributed by atoms with van der Waals surface area (Å²) in [7, 11) is -5.53. The van der Waals surface area contributed by atoms with Gasteiger partial charge < -0.3 is 15.4 Å². The number of urea groups is 1. The van der Waals surface area contributed by atoms with Crippen molar-refractivity contribution in [3.8, 4) is 0 Å². The maximum absolute atomic E-state index is 12.6. The predicted octanol–water partition coefficient (Wildman–Crippen LogP) is 1.23. The van der Waals surface area contributed by atoms with Crippen molar-refractivity contribution in [3.05, 3.63) is 40.6 Å². The highest BCUT2D eigenvalue weighted by atomic mass is 32.2. The molecule has 4 N–H and O–H groups in total. The molecule has 160 valence electrons.